The SMILES string of the molecule is CCOc1ccc(Cl)cc1/C=C(\C#N)C(=O)Nc1nc2ccccc2s1. The number of fused-ring (bicyclic) bond motifs is 1. The molecule has 0 aliphatic carbocycles. The summed E-state index contributed by atoms with van der Waals surface area (Å²) in [7, 11) is 0. The first-order chi connectivity index (χ1) is 12.6. The molecule has 0 atom stereocenters. The van der Waals surface area contributed by atoms with Crippen LogP contribution in [0.2, 0.25) is 5.02 Å². The van der Waals surface area contributed by atoms with E-state index >= 15 is 0 Å². The standard InChI is InChI=1S/C19H14ClN3O2S/c1-2-25-16-8-7-14(20)10-12(16)9-13(11-21)18(24)23-19-22-15-5-3-4-6-17(15)26-19/h3-10H,2H2,1H3,(H,22,23,24)/b13-9+. The minimum Gasteiger partial charge on any atom is -0.493 e. The fourth-order valence-corrected chi connectivity index (χ4v) is 3.35. The smallest absolute Gasteiger partial charge is 0.268 e. The molecule has 1 N–H and O–H groups in total. The first kappa shape index (κ1) is 17.9. The normalized spacial score (nSPS) is 11.2. The summed E-state index contributed by atoms with van der Waals surface area (Å²) in [5, 5.41) is 13.0. The number of nitriles is 1. The Kier molecular flexibility index (Phi) is 5.52. The second-order valence-corrected chi connectivity index (χ2v) is 6.69. The van der Waals surface area contributed by atoms with Crippen LogP contribution < -0.4 is 10.1 Å². The summed E-state index contributed by atoms with van der Waals surface area (Å²) < 4.78 is 6.48. The van der Waals surface area contributed by atoms with Gasteiger partial charge in [0.15, 0.2) is 5.13 Å². The van der Waals surface area contributed by atoms with E-state index in [2.05, 4.69) is 10.3 Å². The lowest BCUT2D eigenvalue weighted by Crippen LogP contribution is -2.13. The van der Waals surface area contributed by atoms with E-state index in [9.17, 15) is 10.1 Å². The molecule has 3 rings (SSSR count). The maximum absolute atomic E-state index is 12.5. The van der Waals surface area contributed by atoms with Crippen LogP contribution in [0.25, 0.3) is 16.3 Å². The van der Waals surface area contributed by atoms with E-state index in [1.54, 1.807) is 18.2 Å². The van der Waals surface area contributed by atoms with E-state index in [-0.39, 0.29) is 5.57 Å². The number of nitrogens with one attached hydrogen (secondary N) is 1. The number of amides is 1. The zero-order valence-corrected chi connectivity index (χ0v) is 15.4. The van der Waals surface area contributed by atoms with Gasteiger partial charge >= 0.3 is 0 Å². The molecule has 3 aromatic rings. The molecule has 0 saturated carbocycles. The quantitative estimate of drug-likeness (QED) is 0.502. The Morgan fingerprint density at radius 2 is 2.19 bits per heavy atom. The van der Waals surface area contributed by atoms with Gasteiger partial charge < -0.3 is 4.74 Å². The van der Waals surface area contributed by atoms with Crippen LogP contribution in [0.4, 0.5) is 5.13 Å². The highest BCUT2D eigenvalue weighted by Gasteiger charge is 2.14. The number of ether oxygens (including phenoxy) is 1. The molecule has 130 valence electrons. The number of halogens is 1. The molecule has 0 radical (unpaired) electrons. The van der Waals surface area contributed by atoms with Crippen LogP contribution >= 0.6 is 22.9 Å². The summed E-state index contributed by atoms with van der Waals surface area (Å²) in [5.74, 6) is 0.0198. The van der Waals surface area contributed by atoms with E-state index in [0.29, 0.717) is 28.1 Å². The summed E-state index contributed by atoms with van der Waals surface area (Å²) >= 11 is 7.37. The third-order valence-electron chi connectivity index (χ3n) is 3.45. The number of benzene rings is 2. The molecule has 5 nitrogen and oxygen atoms in total. The lowest BCUT2D eigenvalue weighted by molar-refractivity contribution is -0.112. The highest BCUT2D eigenvalue weighted by molar-refractivity contribution is 7.22. The van der Waals surface area contributed by atoms with E-state index < -0.39 is 5.91 Å². The van der Waals surface area contributed by atoms with Crippen LogP contribution in [-0.2, 0) is 4.79 Å². The molecule has 26 heavy (non-hydrogen) atoms. The van der Waals surface area contributed by atoms with Crippen molar-refractivity contribution in [2.75, 3.05) is 11.9 Å². The van der Waals surface area contributed by atoms with Gasteiger partial charge in [0.05, 0.1) is 16.8 Å². The van der Waals surface area contributed by atoms with Gasteiger partial charge in [-0.2, -0.15) is 5.26 Å². The average molecular weight is 384 g/mol. The summed E-state index contributed by atoms with van der Waals surface area (Å²) in [6.45, 7) is 2.31. The Labute approximate surface area is 159 Å². The number of carbonyl (C=O) groups is 1. The molecular formula is C19H14ClN3O2S. The van der Waals surface area contributed by atoms with E-state index in [0.717, 1.165) is 10.2 Å². The zero-order valence-electron chi connectivity index (χ0n) is 13.8. The van der Waals surface area contributed by atoms with Crippen LogP contribution in [0.5, 0.6) is 5.75 Å². The van der Waals surface area contributed by atoms with Gasteiger partial charge in [0.25, 0.3) is 5.91 Å². The number of thiazole rings is 1. The van der Waals surface area contributed by atoms with Crippen molar-refractivity contribution in [2.24, 2.45) is 0 Å². The zero-order chi connectivity index (χ0) is 18.5. The molecule has 1 aromatic heterocycles. The average Bonchev–Trinajstić information content (AvgIpc) is 3.04. The van der Waals surface area contributed by atoms with Gasteiger partial charge in [-0.25, -0.2) is 4.98 Å². The number of nitrogens with zero attached hydrogens (tertiary/aromatic N) is 2. The number of hydrogen-bond acceptors (Lipinski definition) is 5. The molecule has 0 bridgehead atoms. The van der Waals surface area contributed by atoms with Crippen molar-refractivity contribution < 1.29 is 9.53 Å². The Balaban J connectivity index is 1.88. The van der Waals surface area contributed by atoms with Crippen molar-refractivity contribution >= 4 is 50.3 Å². The molecule has 0 aliphatic rings. The number of aromatic nitrogens is 1. The lowest BCUT2D eigenvalue weighted by Gasteiger charge is -2.08. The second-order valence-electron chi connectivity index (χ2n) is 5.23. The van der Waals surface area contributed by atoms with Crippen LogP contribution in [0.3, 0.4) is 0 Å². The van der Waals surface area contributed by atoms with Crippen LogP contribution in [0, 0.1) is 11.3 Å². The molecular weight excluding hydrogens is 370 g/mol. The van der Waals surface area contributed by atoms with Gasteiger partial charge in [0.2, 0.25) is 0 Å². The maximum Gasteiger partial charge on any atom is 0.268 e. The third-order valence-corrected chi connectivity index (χ3v) is 4.64. The van der Waals surface area contributed by atoms with Crippen LogP contribution in [0.1, 0.15) is 12.5 Å². The predicted molar refractivity (Wildman–Crippen MR) is 104 cm³/mol. The van der Waals surface area contributed by atoms with Crippen LogP contribution in [0.15, 0.2) is 48.0 Å². The highest BCUT2D eigenvalue weighted by atomic mass is 35.5. The van der Waals surface area contributed by atoms with Crippen molar-refractivity contribution in [3.63, 3.8) is 0 Å². The number of anilines is 1. The first-order valence-corrected chi connectivity index (χ1v) is 9.01. The van der Waals surface area contributed by atoms with Gasteiger partial charge in [-0.15, -0.1) is 0 Å². The summed E-state index contributed by atoms with van der Waals surface area (Å²) in [5.41, 5.74) is 1.30. The van der Waals surface area contributed by atoms with Crippen molar-refractivity contribution in [3.8, 4) is 11.8 Å². The summed E-state index contributed by atoms with van der Waals surface area (Å²) in [6.07, 6.45) is 1.46. The molecule has 0 unspecified atom stereocenters. The summed E-state index contributed by atoms with van der Waals surface area (Å²) in [4.78, 5) is 16.8. The predicted octanol–water partition coefficient (Wildman–Crippen LogP) is 4.89. The first-order valence-electron chi connectivity index (χ1n) is 7.81. The fourth-order valence-electron chi connectivity index (χ4n) is 2.31. The van der Waals surface area contributed by atoms with Gasteiger partial charge in [-0.1, -0.05) is 35.1 Å². The molecule has 0 aliphatic heterocycles. The van der Waals surface area contributed by atoms with Crippen molar-refractivity contribution in [2.45, 2.75) is 6.92 Å². The van der Waals surface area contributed by atoms with Crippen molar-refractivity contribution in [1.82, 2.24) is 4.98 Å². The molecule has 1 amide bonds. The second kappa shape index (κ2) is 8.00. The molecule has 0 saturated heterocycles. The van der Waals surface area contributed by atoms with Gasteiger partial charge in [-0.3, -0.25) is 10.1 Å². The Morgan fingerprint density at radius 3 is 2.92 bits per heavy atom. The molecule has 0 fully saturated rings. The van der Waals surface area contributed by atoms with Gasteiger partial charge in [0.1, 0.15) is 17.4 Å². The van der Waals surface area contributed by atoms with Crippen molar-refractivity contribution in [1.29, 1.82) is 5.26 Å². The topological polar surface area (TPSA) is 75.0 Å². The monoisotopic (exact) mass is 383 g/mol. The number of rotatable bonds is 5. The number of para-hydroxylation sites is 1. The van der Waals surface area contributed by atoms with Gasteiger partial charge in [-0.05, 0) is 43.3 Å². The molecule has 1 heterocycles. The maximum atomic E-state index is 12.5. The summed E-state index contributed by atoms with van der Waals surface area (Å²) in [6, 6.07) is 14.5. The lowest BCUT2D eigenvalue weighted by atomic mass is 10.1. The largest absolute Gasteiger partial charge is 0.493 e. The minimum absolute atomic E-state index is 0.0625. The van der Waals surface area contributed by atoms with E-state index in [1.165, 1.54) is 17.4 Å². The third kappa shape index (κ3) is 4.02. The number of hydrogen-bond donors (Lipinski definition) is 1. The molecule has 7 heteroatoms. The fraction of sp³-hybridized carbons (Fsp3) is 0.105. The Morgan fingerprint density at radius 1 is 1.38 bits per heavy atom. The van der Waals surface area contributed by atoms with E-state index in [4.69, 9.17) is 16.3 Å². The highest BCUT2D eigenvalue weighted by Crippen LogP contribution is 2.27. The van der Waals surface area contributed by atoms with Crippen molar-refractivity contribution in [3.05, 3.63) is 58.6 Å². The van der Waals surface area contributed by atoms with Crippen LogP contribution in [-0.4, -0.2) is 17.5 Å². The van der Waals surface area contributed by atoms with E-state index in [1.807, 2.05) is 37.3 Å². The Hall–Kier alpha value is -2.88. The van der Waals surface area contributed by atoms with Gasteiger partial charge in [0, 0.05) is 10.6 Å². The minimum atomic E-state index is -0.533. The number of carbonyl (C=O) groups excluding carboxylic acids is 1. The molecule has 0 spiro atoms. The Bertz CT molecular complexity index is 1000. The molecule has 2 aromatic carbocycles.